The minimum absolute atomic E-state index is 0.0133. The maximum Gasteiger partial charge on any atom is 0.165 e. The second-order valence-corrected chi connectivity index (χ2v) is 4.66. The molecule has 1 unspecified atom stereocenters. The Morgan fingerprint density at radius 1 is 1.53 bits per heavy atom. The molecule has 0 aliphatic carbocycles. The molecule has 0 heterocycles. The summed E-state index contributed by atoms with van der Waals surface area (Å²) in [5.74, 6) is -0.361. The molecule has 0 N–H and O–H groups in total. The zero-order valence-corrected chi connectivity index (χ0v) is 11.6. The Kier molecular flexibility index (Phi) is 5.78. The van der Waals surface area contributed by atoms with Crippen molar-refractivity contribution >= 4 is 21.7 Å². The summed E-state index contributed by atoms with van der Waals surface area (Å²) in [5, 5.41) is 0. The number of ketones is 1. The molecule has 1 rings (SSSR count). The molecule has 0 amide bonds. The average Bonchev–Trinajstić information content (AvgIpc) is 2.31. The molecular formula is C13H16BrFO2. The van der Waals surface area contributed by atoms with Gasteiger partial charge in [-0.2, -0.15) is 0 Å². The van der Waals surface area contributed by atoms with Crippen molar-refractivity contribution in [1.29, 1.82) is 0 Å². The van der Waals surface area contributed by atoms with Crippen LogP contribution in [0, 0.1) is 5.82 Å². The predicted molar refractivity (Wildman–Crippen MR) is 68.5 cm³/mol. The maximum atomic E-state index is 13.3. The van der Waals surface area contributed by atoms with Crippen LogP contribution in [0.25, 0.3) is 0 Å². The van der Waals surface area contributed by atoms with Crippen LogP contribution in [-0.4, -0.2) is 19.0 Å². The van der Waals surface area contributed by atoms with E-state index in [0.717, 1.165) is 6.42 Å². The third kappa shape index (κ3) is 3.89. The number of ether oxygens (including phenoxy) is 1. The second kappa shape index (κ2) is 6.87. The van der Waals surface area contributed by atoms with Gasteiger partial charge in [0, 0.05) is 13.5 Å². The zero-order valence-electron chi connectivity index (χ0n) is 10.0. The largest absolute Gasteiger partial charge is 0.374 e. The molecular weight excluding hydrogens is 287 g/mol. The number of Topliss-reactive ketones (excluding diaryl/α,β-unsaturated/α-hetero) is 1. The van der Waals surface area contributed by atoms with Gasteiger partial charge in [-0.15, -0.1) is 0 Å². The molecule has 1 aromatic carbocycles. The molecule has 17 heavy (non-hydrogen) atoms. The molecule has 0 fully saturated rings. The summed E-state index contributed by atoms with van der Waals surface area (Å²) in [6.45, 7) is 2.00. The Bertz CT molecular complexity index is 393. The molecule has 0 aromatic heterocycles. The van der Waals surface area contributed by atoms with E-state index in [4.69, 9.17) is 4.74 Å². The van der Waals surface area contributed by atoms with E-state index in [1.165, 1.54) is 13.2 Å². The van der Waals surface area contributed by atoms with Gasteiger partial charge in [0.2, 0.25) is 0 Å². The molecule has 0 aliphatic rings. The van der Waals surface area contributed by atoms with Gasteiger partial charge in [-0.3, -0.25) is 4.79 Å². The van der Waals surface area contributed by atoms with Crippen molar-refractivity contribution in [3.05, 3.63) is 34.1 Å². The standard InChI is InChI=1S/C13H16BrFO2/c1-3-5-12(17-2)11(16)8-9-6-4-7-10(15)13(9)14/h4,6-7,12H,3,5,8H2,1-2H3. The minimum atomic E-state index is -0.393. The van der Waals surface area contributed by atoms with Crippen LogP contribution in [0.3, 0.4) is 0 Å². The summed E-state index contributed by atoms with van der Waals surface area (Å²) in [4.78, 5) is 11.9. The van der Waals surface area contributed by atoms with Crippen LogP contribution in [0.15, 0.2) is 22.7 Å². The highest BCUT2D eigenvalue weighted by Gasteiger charge is 2.18. The van der Waals surface area contributed by atoms with E-state index in [0.29, 0.717) is 16.5 Å². The van der Waals surface area contributed by atoms with Crippen LogP contribution in [0.2, 0.25) is 0 Å². The SMILES string of the molecule is CCCC(OC)C(=O)Cc1cccc(F)c1Br. The summed E-state index contributed by atoms with van der Waals surface area (Å²) in [6, 6.07) is 4.70. The molecule has 0 aliphatic heterocycles. The van der Waals surface area contributed by atoms with Crippen molar-refractivity contribution in [3.63, 3.8) is 0 Å². The quantitative estimate of drug-likeness (QED) is 0.804. The zero-order chi connectivity index (χ0) is 12.8. The van der Waals surface area contributed by atoms with E-state index in [1.807, 2.05) is 6.92 Å². The number of hydrogen-bond acceptors (Lipinski definition) is 2. The van der Waals surface area contributed by atoms with E-state index >= 15 is 0 Å². The predicted octanol–water partition coefficient (Wildman–Crippen LogP) is 3.51. The smallest absolute Gasteiger partial charge is 0.165 e. The van der Waals surface area contributed by atoms with Gasteiger partial charge >= 0.3 is 0 Å². The van der Waals surface area contributed by atoms with Gasteiger partial charge in [-0.25, -0.2) is 4.39 Å². The molecule has 0 radical (unpaired) electrons. The van der Waals surface area contributed by atoms with Crippen molar-refractivity contribution in [1.82, 2.24) is 0 Å². The Morgan fingerprint density at radius 3 is 2.82 bits per heavy atom. The van der Waals surface area contributed by atoms with Gasteiger partial charge < -0.3 is 4.74 Å². The van der Waals surface area contributed by atoms with Gasteiger partial charge in [-0.1, -0.05) is 25.5 Å². The van der Waals surface area contributed by atoms with Gasteiger partial charge in [-0.05, 0) is 34.0 Å². The van der Waals surface area contributed by atoms with Gasteiger partial charge in [0.25, 0.3) is 0 Å². The third-order valence-electron chi connectivity index (χ3n) is 2.59. The fraction of sp³-hybridized carbons (Fsp3) is 0.462. The van der Waals surface area contributed by atoms with Crippen molar-refractivity contribution in [2.75, 3.05) is 7.11 Å². The fourth-order valence-corrected chi connectivity index (χ4v) is 2.06. The molecule has 94 valence electrons. The minimum Gasteiger partial charge on any atom is -0.374 e. The van der Waals surface area contributed by atoms with E-state index in [2.05, 4.69) is 15.9 Å². The van der Waals surface area contributed by atoms with Crippen LogP contribution >= 0.6 is 15.9 Å². The van der Waals surface area contributed by atoms with Crippen LogP contribution in [0.4, 0.5) is 4.39 Å². The molecule has 1 atom stereocenters. The van der Waals surface area contributed by atoms with Crippen molar-refractivity contribution in [2.24, 2.45) is 0 Å². The first kappa shape index (κ1) is 14.3. The number of carbonyl (C=O) groups excluding carboxylic acids is 1. The van der Waals surface area contributed by atoms with Gasteiger partial charge in [0.1, 0.15) is 11.9 Å². The van der Waals surface area contributed by atoms with Gasteiger partial charge in [0.15, 0.2) is 5.78 Å². The van der Waals surface area contributed by atoms with Crippen molar-refractivity contribution in [2.45, 2.75) is 32.3 Å². The summed E-state index contributed by atoms with van der Waals surface area (Å²) in [6.07, 6.45) is 1.38. The lowest BCUT2D eigenvalue weighted by molar-refractivity contribution is -0.128. The normalized spacial score (nSPS) is 12.5. The van der Waals surface area contributed by atoms with E-state index in [1.54, 1.807) is 12.1 Å². The molecule has 0 spiro atoms. The van der Waals surface area contributed by atoms with Crippen LogP contribution < -0.4 is 0 Å². The highest BCUT2D eigenvalue weighted by atomic mass is 79.9. The second-order valence-electron chi connectivity index (χ2n) is 3.87. The Hall–Kier alpha value is -0.740. The third-order valence-corrected chi connectivity index (χ3v) is 3.48. The van der Waals surface area contributed by atoms with Crippen LogP contribution in [-0.2, 0) is 16.0 Å². The van der Waals surface area contributed by atoms with Crippen molar-refractivity contribution in [3.8, 4) is 0 Å². The van der Waals surface area contributed by atoms with Crippen molar-refractivity contribution < 1.29 is 13.9 Å². The molecule has 0 saturated heterocycles. The Morgan fingerprint density at radius 2 is 2.24 bits per heavy atom. The molecule has 2 nitrogen and oxygen atoms in total. The van der Waals surface area contributed by atoms with Crippen LogP contribution in [0.1, 0.15) is 25.3 Å². The Balaban J connectivity index is 2.76. The monoisotopic (exact) mass is 302 g/mol. The fourth-order valence-electron chi connectivity index (χ4n) is 1.66. The summed E-state index contributed by atoms with van der Waals surface area (Å²) in [5.41, 5.74) is 0.660. The topological polar surface area (TPSA) is 26.3 Å². The lowest BCUT2D eigenvalue weighted by Gasteiger charge is -2.13. The van der Waals surface area contributed by atoms with E-state index < -0.39 is 6.10 Å². The highest BCUT2D eigenvalue weighted by Crippen LogP contribution is 2.21. The first-order valence-electron chi connectivity index (χ1n) is 5.58. The molecule has 1 aromatic rings. The van der Waals surface area contributed by atoms with Gasteiger partial charge in [0.05, 0.1) is 4.47 Å². The number of hydrogen-bond donors (Lipinski definition) is 0. The van der Waals surface area contributed by atoms with E-state index in [-0.39, 0.29) is 18.0 Å². The van der Waals surface area contributed by atoms with Crippen LogP contribution in [0.5, 0.6) is 0 Å². The lowest BCUT2D eigenvalue weighted by Crippen LogP contribution is -2.24. The first-order valence-corrected chi connectivity index (χ1v) is 6.37. The summed E-state index contributed by atoms with van der Waals surface area (Å²) >= 11 is 3.15. The number of halogens is 2. The number of benzene rings is 1. The average molecular weight is 303 g/mol. The lowest BCUT2D eigenvalue weighted by atomic mass is 10.0. The van der Waals surface area contributed by atoms with E-state index in [9.17, 15) is 9.18 Å². The molecule has 0 bridgehead atoms. The number of methoxy groups -OCH3 is 1. The first-order chi connectivity index (χ1) is 8.10. The Labute approximate surface area is 109 Å². The molecule has 4 heteroatoms. The summed E-state index contributed by atoms with van der Waals surface area (Å²) in [7, 11) is 1.53. The highest BCUT2D eigenvalue weighted by molar-refractivity contribution is 9.10. The maximum absolute atomic E-state index is 13.3. The number of carbonyl (C=O) groups is 1. The molecule has 0 saturated carbocycles. The number of rotatable bonds is 6. The summed E-state index contributed by atoms with van der Waals surface area (Å²) < 4.78 is 18.8.